The lowest BCUT2D eigenvalue weighted by Gasteiger charge is -2.08. The zero-order chi connectivity index (χ0) is 19.0. The number of rotatable bonds is 5. The summed E-state index contributed by atoms with van der Waals surface area (Å²) < 4.78 is 24.5. The first-order valence-corrected chi connectivity index (χ1v) is 9.32. The van der Waals surface area contributed by atoms with E-state index in [4.69, 9.17) is 8.83 Å². The van der Waals surface area contributed by atoms with Crippen LogP contribution in [-0.4, -0.2) is 0 Å². The van der Waals surface area contributed by atoms with Crippen molar-refractivity contribution in [3.63, 3.8) is 0 Å². The molecule has 0 saturated carbocycles. The van der Waals surface area contributed by atoms with Crippen molar-refractivity contribution in [2.24, 2.45) is 0 Å². The Hall–Kier alpha value is -2.88. The summed E-state index contributed by atoms with van der Waals surface area (Å²) in [6, 6.07) is 10.1. The Morgan fingerprint density at radius 2 is 1.78 bits per heavy atom. The highest BCUT2D eigenvalue weighted by atomic mass is 19.1. The third-order valence-electron chi connectivity index (χ3n) is 5.17. The molecule has 0 amide bonds. The SMILES string of the molecule is CCCCCc1c(C)c2cc3c(-c4ccc(F)cc4)coc3cc2oc1=O. The van der Waals surface area contributed by atoms with Gasteiger partial charge in [-0.25, -0.2) is 9.18 Å². The molecular formula is C23H21FO3. The van der Waals surface area contributed by atoms with Crippen molar-refractivity contribution in [1.82, 2.24) is 0 Å². The molecule has 0 aliphatic heterocycles. The van der Waals surface area contributed by atoms with E-state index in [1.54, 1.807) is 24.5 Å². The van der Waals surface area contributed by atoms with Gasteiger partial charge in [0.05, 0.1) is 6.26 Å². The fraction of sp³-hybridized carbons (Fsp3) is 0.261. The van der Waals surface area contributed by atoms with E-state index in [2.05, 4.69) is 6.92 Å². The molecule has 0 unspecified atom stereocenters. The predicted molar refractivity (Wildman–Crippen MR) is 106 cm³/mol. The van der Waals surface area contributed by atoms with Crippen molar-refractivity contribution >= 4 is 21.9 Å². The molecule has 0 aliphatic carbocycles. The van der Waals surface area contributed by atoms with Crippen LogP contribution < -0.4 is 5.63 Å². The molecular weight excluding hydrogens is 343 g/mol. The summed E-state index contributed by atoms with van der Waals surface area (Å²) in [5.41, 5.74) is 4.40. The predicted octanol–water partition coefficient (Wildman–Crippen LogP) is 6.39. The summed E-state index contributed by atoms with van der Waals surface area (Å²) in [4.78, 5) is 12.4. The van der Waals surface area contributed by atoms with Crippen LogP contribution in [0.25, 0.3) is 33.1 Å². The molecule has 0 atom stereocenters. The highest BCUT2D eigenvalue weighted by Crippen LogP contribution is 2.34. The molecule has 2 aromatic carbocycles. The largest absolute Gasteiger partial charge is 0.464 e. The Labute approximate surface area is 156 Å². The van der Waals surface area contributed by atoms with Gasteiger partial charge in [-0.3, -0.25) is 0 Å². The molecule has 2 aromatic heterocycles. The lowest BCUT2D eigenvalue weighted by molar-refractivity contribution is 0.543. The van der Waals surface area contributed by atoms with Crippen LogP contribution in [0.15, 0.2) is 56.3 Å². The molecule has 0 radical (unpaired) electrons. The highest BCUT2D eigenvalue weighted by molar-refractivity contribution is 6.02. The van der Waals surface area contributed by atoms with Crippen molar-refractivity contribution in [2.75, 3.05) is 0 Å². The minimum atomic E-state index is -0.272. The Balaban J connectivity index is 1.88. The summed E-state index contributed by atoms with van der Waals surface area (Å²) in [7, 11) is 0. The Kier molecular flexibility index (Phi) is 4.56. The zero-order valence-electron chi connectivity index (χ0n) is 15.5. The van der Waals surface area contributed by atoms with E-state index in [9.17, 15) is 9.18 Å². The van der Waals surface area contributed by atoms with Gasteiger partial charge in [-0.05, 0) is 49.1 Å². The third kappa shape index (κ3) is 3.16. The van der Waals surface area contributed by atoms with Gasteiger partial charge in [0, 0.05) is 28.0 Å². The smallest absolute Gasteiger partial charge is 0.339 e. The number of hydrogen-bond acceptors (Lipinski definition) is 3. The molecule has 27 heavy (non-hydrogen) atoms. The zero-order valence-corrected chi connectivity index (χ0v) is 15.5. The number of aryl methyl sites for hydroxylation is 1. The van der Waals surface area contributed by atoms with Gasteiger partial charge >= 0.3 is 5.63 Å². The monoisotopic (exact) mass is 364 g/mol. The van der Waals surface area contributed by atoms with E-state index >= 15 is 0 Å². The van der Waals surface area contributed by atoms with Crippen LogP contribution in [0.1, 0.15) is 37.3 Å². The van der Waals surface area contributed by atoms with E-state index in [1.807, 2.05) is 13.0 Å². The Bertz CT molecular complexity index is 1170. The van der Waals surface area contributed by atoms with Crippen molar-refractivity contribution in [2.45, 2.75) is 39.5 Å². The van der Waals surface area contributed by atoms with Crippen LogP contribution in [0, 0.1) is 12.7 Å². The normalized spacial score (nSPS) is 11.5. The molecule has 4 aromatic rings. The topological polar surface area (TPSA) is 43.4 Å². The van der Waals surface area contributed by atoms with Crippen molar-refractivity contribution in [1.29, 1.82) is 0 Å². The van der Waals surface area contributed by atoms with Crippen LogP contribution in [0.2, 0.25) is 0 Å². The fourth-order valence-electron chi connectivity index (χ4n) is 3.60. The van der Waals surface area contributed by atoms with Gasteiger partial charge < -0.3 is 8.83 Å². The number of fused-ring (bicyclic) bond motifs is 2. The molecule has 0 fully saturated rings. The Morgan fingerprint density at radius 3 is 2.52 bits per heavy atom. The number of benzene rings is 2. The summed E-state index contributed by atoms with van der Waals surface area (Å²) in [5.74, 6) is -0.272. The average molecular weight is 364 g/mol. The number of hydrogen-bond donors (Lipinski definition) is 0. The first-order chi connectivity index (χ1) is 13.1. The fourth-order valence-corrected chi connectivity index (χ4v) is 3.60. The van der Waals surface area contributed by atoms with Crippen molar-refractivity contribution in [3.8, 4) is 11.1 Å². The highest BCUT2D eigenvalue weighted by Gasteiger charge is 2.15. The van der Waals surface area contributed by atoms with Crippen molar-refractivity contribution < 1.29 is 13.2 Å². The van der Waals surface area contributed by atoms with Gasteiger partial charge in [-0.1, -0.05) is 31.9 Å². The van der Waals surface area contributed by atoms with Gasteiger partial charge in [0.15, 0.2) is 0 Å². The van der Waals surface area contributed by atoms with Gasteiger partial charge in [0.1, 0.15) is 17.0 Å². The second-order valence-electron chi connectivity index (χ2n) is 6.95. The van der Waals surface area contributed by atoms with Gasteiger partial charge in [-0.15, -0.1) is 0 Å². The lowest BCUT2D eigenvalue weighted by Crippen LogP contribution is -2.10. The molecule has 2 heterocycles. The minimum Gasteiger partial charge on any atom is -0.464 e. The summed E-state index contributed by atoms with van der Waals surface area (Å²) >= 11 is 0. The van der Waals surface area contributed by atoms with Gasteiger partial charge in [-0.2, -0.15) is 0 Å². The van der Waals surface area contributed by atoms with Gasteiger partial charge in [0.2, 0.25) is 0 Å². The number of unbranched alkanes of at least 4 members (excludes halogenated alkanes) is 2. The molecule has 0 aliphatic rings. The summed E-state index contributed by atoms with van der Waals surface area (Å²) in [6.07, 6.45) is 5.56. The number of furan rings is 1. The first kappa shape index (κ1) is 17.5. The first-order valence-electron chi connectivity index (χ1n) is 9.32. The standard InChI is InChI=1S/C23H21FO3/c1-3-4-5-6-17-14(2)18-11-19-20(15-7-9-16(24)10-8-15)13-26-21(19)12-22(18)27-23(17)25/h7-13H,3-6H2,1-2H3. The quantitative estimate of drug-likeness (QED) is 0.304. The molecule has 0 saturated heterocycles. The molecule has 0 N–H and O–H groups in total. The Morgan fingerprint density at radius 1 is 1.00 bits per heavy atom. The molecule has 3 nitrogen and oxygen atoms in total. The summed E-state index contributed by atoms with van der Waals surface area (Å²) in [6.45, 7) is 4.12. The van der Waals surface area contributed by atoms with Crippen LogP contribution >= 0.6 is 0 Å². The third-order valence-corrected chi connectivity index (χ3v) is 5.17. The minimum absolute atomic E-state index is 0.263. The van der Waals surface area contributed by atoms with E-state index in [0.717, 1.165) is 58.7 Å². The number of halogens is 1. The van der Waals surface area contributed by atoms with E-state index in [1.165, 1.54) is 12.1 Å². The second-order valence-corrected chi connectivity index (χ2v) is 6.95. The molecule has 0 bridgehead atoms. The molecule has 4 heteroatoms. The van der Waals surface area contributed by atoms with Gasteiger partial charge in [0.25, 0.3) is 0 Å². The lowest BCUT2D eigenvalue weighted by atomic mass is 9.98. The van der Waals surface area contributed by atoms with Crippen LogP contribution in [-0.2, 0) is 6.42 Å². The molecule has 4 rings (SSSR count). The van der Waals surface area contributed by atoms with Crippen LogP contribution in [0.5, 0.6) is 0 Å². The van der Waals surface area contributed by atoms with Crippen LogP contribution in [0.4, 0.5) is 4.39 Å². The van der Waals surface area contributed by atoms with E-state index < -0.39 is 0 Å². The van der Waals surface area contributed by atoms with Crippen molar-refractivity contribution in [3.05, 3.63) is 70.0 Å². The van der Waals surface area contributed by atoms with E-state index in [-0.39, 0.29) is 11.4 Å². The maximum atomic E-state index is 13.2. The second kappa shape index (κ2) is 7.03. The summed E-state index contributed by atoms with van der Waals surface area (Å²) in [5, 5.41) is 1.84. The van der Waals surface area contributed by atoms with Crippen LogP contribution in [0.3, 0.4) is 0 Å². The molecule has 138 valence electrons. The maximum absolute atomic E-state index is 13.2. The van der Waals surface area contributed by atoms with E-state index in [0.29, 0.717) is 11.2 Å². The maximum Gasteiger partial charge on any atom is 0.339 e. The average Bonchev–Trinajstić information content (AvgIpc) is 3.06. The molecule has 0 spiro atoms.